The lowest BCUT2D eigenvalue weighted by atomic mass is 10.1. The van der Waals surface area contributed by atoms with Crippen molar-refractivity contribution in [1.29, 1.82) is 0 Å². The molecule has 0 saturated heterocycles. The fourth-order valence-corrected chi connectivity index (χ4v) is 2.74. The Hall–Kier alpha value is -2.40. The van der Waals surface area contributed by atoms with Gasteiger partial charge in [0.05, 0.1) is 0 Å². The molecule has 1 heterocycles. The molecule has 2 aromatic rings. The quantitative estimate of drug-likeness (QED) is 0.538. The summed E-state index contributed by atoms with van der Waals surface area (Å²) in [5.41, 5.74) is 2.58. The fraction of sp³-hybridized carbons (Fsp3) is 0.429. The highest BCUT2D eigenvalue weighted by Gasteiger charge is 2.09. The van der Waals surface area contributed by atoms with Gasteiger partial charge in [-0.25, -0.2) is 0 Å². The molecule has 0 radical (unpaired) electrons. The van der Waals surface area contributed by atoms with Crippen molar-refractivity contribution in [2.75, 3.05) is 27.2 Å². The van der Waals surface area contributed by atoms with E-state index in [1.807, 2.05) is 19.3 Å². The molecule has 5 heteroatoms. The summed E-state index contributed by atoms with van der Waals surface area (Å²) in [6.07, 6.45) is 5.70. The molecule has 1 unspecified atom stereocenters. The van der Waals surface area contributed by atoms with Gasteiger partial charge in [-0.05, 0) is 44.0 Å². The molecular weight excluding hydrogens is 322 g/mol. The molecule has 1 aromatic heterocycles. The average Bonchev–Trinajstić information content (AvgIpc) is 2.68. The van der Waals surface area contributed by atoms with Crippen LogP contribution < -0.4 is 10.6 Å². The molecule has 26 heavy (non-hydrogen) atoms. The lowest BCUT2D eigenvalue weighted by Crippen LogP contribution is -2.40. The molecule has 0 aliphatic heterocycles. The second kappa shape index (κ2) is 11.3. The highest BCUT2D eigenvalue weighted by atomic mass is 15.2. The van der Waals surface area contributed by atoms with Crippen molar-refractivity contribution in [2.24, 2.45) is 4.99 Å². The summed E-state index contributed by atoms with van der Waals surface area (Å²) in [5.74, 6) is 0.854. The number of benzene rings is 1. The second-order valence-corrected chi connectivity index (χ2v) is 6.58. The predicted molar refractivity (Wildman–Crippen MR) is 109 cm³/mol. The monoisotopic (exact) mass is 353 g/mol. The highest BCUT2D eigenvalue weighted by Crippen LogP contribution is 2.07. The van der Waals surface area contributed by atoms with Crippen LogP contribution in [0, 0.1) is 0 Å². The minimum Gasteiger partial charge on any atom is -0.356 e. The lowest BCUT2D eigenvalue weighted by Gasteiger charge is -2.25. The van der Waals surface area contributed by atoms with Crippen LogP contribution >= 0.6 is 0 Å². The summed E-state index contributed by atoms with van der Waals surface area (Å²) < 4.78 is 0. The van der Waals surface area contributed by atoms with Gasteiger partial charge < -0.3 is 10.6 Å². The predicted octanol–water partition coefficient (Wildman–Crippen LogP) is 2.70. The summed E-state index contributed by atoms with van der Waals surface area (Å²) in [7, 11) is 3.99. The number of nitrogens with zero attached hydrogens (tertiary/aromatic N) is 3. The molecule has 0 aliphatic carbocycles. The molecule has 0 fully saturated rings. The summed E-state index contributed by atoms with van der Waals surface area (Å²) >= 11 is 0. The Kier molecular flexibility index (Phi) is 8.63. The Morgan fingerprint density at radius 2 is 1.81 bits per heavy atom. The zero-order chi connectivity index (χ0) is 18.6. The molecule has 0 bridgehead atoms. The molecule has 140 valence electrons. The van der Waals surface area contributed by atoms with E-state index in [-0.39, 0.29) is 0 Å². The van der Waals surface area contributed by atoms with Gasteiger partial charge in [0.2, 0.25) is 0 Å². The van der Waals surface area contributed by atoms with E-state index in [2.05, 4.69) is 75.9 Å². The topological polar surface area (TPSA) is 52.6 Å². The molecule has 2 rings (SSSR count). The number of aliphatic imine (C=N–C) groups is 1. The number of aromatic nitrogens is 1. The Morgan fingerprint density at radius 1 is 1.08 bits per heavy atom. The largest absolute Gasteiger partial charge is 0.356 e. The van der Waals surface area contributed by atoms with E-state index in [4.69, 9.17) is 0 Å². The Balaban J connectivity index is 1.64. The van der Waals surface area contributed by atoms with E-state index in [9.17, 15) is 0 Å². The Labute approximate surface area is 157 Å². The first kappa shape index (κ1) is 19.9. The minimum atomic E-state index is 0.496. The third-order valence-electron chi connectivity index (χ3n) is 4.53. The maximum atomic E-state index is 4.29. The number of hydrogen-bond acceptors (Lipinski definition) is 3. The van der Waals surface area contributed by atoms with Gasteiger partial charge in [0, 0.05) is 45.1 Å². The van der Waals surface area contributed by atoms with Crippen molar-refractivity contribution in [1.82, 2.24) is 20.5 Å². The van der Waals surface area contributed by atoms with E-state index in [1.54, 1.807) is 6.20 Å². The standard InChI is InChI=1S/C21H31N5/c1-18(26(3)17-20-8-5-4-6-9-20)11-14-24-21(22-2)25-15-12-19-10-7-13-23-16-19/h4-10,13,16,18H,11-12,14-15,17H2,1-3H3,(H2,22,24,25). The van der Waals surface area contributed by atoms with Crippen LogP contribution in [0.3, 0.4) is 0 Å². The molecule has 1 aromatic carbocycles. The average molecular weight is 354 g/mol. The van der Waals surface area contributed by atoms with Gasteiger partial charge in [-0.1, -0.05) is 36.4 Å². The summed E-state index contributed by atoms with van der Waals surface area (Å²) in [6, 6.07) is 15.2. The minimum absolute atomic E-state index is 0.496. The number of rotatable bonds is 9. The van der Waals surface area contributed by atoms with E-state index < -0.39 is 0 Å². The van der Waals surface area contributed by atoms with Crippen molar-refractivity contribution in [2.45, 2.75) is 32.4 Å². The van der Waals surface area contributed by atoms with Crippen molar-refractivity contribution >= 4 is 5.96 Å². The number of guanidine groups is 1. The van der Waals surface area contributed by atoms with E-state index in [0.29, 0.717) is 6.04 Å². The van der Waals surface area contributed by atoms with Gasteiger partial charge >= 0.3 is 0 Å². The number of nitrogens with one attached hydrogen (secondary N) is 2. The van der Waals surface area contributed by atoms with E-state index in [0.717, 1.165) is 38.4 Å². The van der Waals surface area contributed by atoms with Crippen LogP contribution in [0.2, 0.25) is 0 Å². The van der Waals surface area contributed by atoms with Crippen LogP contribution in [-0.4, -0.2) is 49.1 Å². The molecule has 1 atom stereocenters. The summed E-state index contributed by atoms with van der Waals surface area (Å²) in [6.45, 7) is 4.98. The van der Waals surface area contributed by atoms with Crippen LogP contribution in [0.1, 0.15) is 24.5 Å². The van der Waals surface area contributed by atoms with Gasteiger partial charge in [-0.3, -0.25) is 14.9 Å². The highest BCUT2D eigenvalue weighted by molar-refractivity contribution is 5.79. The smallest absolute Gasteiger partial charge is 0.190 e. The van der Waals surface area contributed by atoms with E-state index >= 15 is 0 Å². The van der Waals surface area contributed by atoms with Crippen molar-refractivity contribution < 1.29 is 0 Å². The van der Waals surface area contributed by atoms with Gasteiger partial charge in [0.15, 0.2) is 5.96 Å². The fourth-order valence-electron chi connectivity index (χ4n) is 2.74. The first-order valence-electron chi connectivity index (χ1n) is 9.26. The van der Waals surface area contributed by atoms with Crippen LogP contribution in [-0.2, 0) is 13.0 Å². The van der Waals surface area contributed by atoms with Gasteiger partial charge in [0.25, 0.3) is 0 Å². The van der Waals surface area contributed by atoms with Crippen LogP contribution in [0.4, 0.5) is 0 Å². The lowest BCUT2D eigenvalue weighted by molar-refractivity contribution is 0.238. The third kappa shape index (κ3) is 7.23. The number of pyridine rings is 1. The van der Waals surface area contributed by atoms with Crippen molar-refractivity contribution in [3.8, 4) is 0 Å². The molecule has 0 saturated carbocycles. The van der Waals surface area contributed by atoms with Crippen molar-refractivity contribution in [3.63, 3.8) is 0 Å². The van der Waals surface area contributed by atoms with Crippen LogP contribution in [0.15, 0.2) is 59.9 Å². The third-order valence-corrected chi connectivity index (χ3v) is 4.53. The Morgan fingerprint density at radius 3 is 2.50 bits per heavy atom. The first-order valence-corrected chi connectivity index (χ1v) is 9.26. The maximum absolute atomic E-state index is 4.29. The zero-order valence-electron chi connectivity index (χ0n) is 16.2. The molecule has 0 amide bonds. The molecule has 5 nitrogen and oxygen atoms in total. The zero-order valence-corrected chi connectivity index (χ0v) is 16.2. The summed E-state index contributed by atoms with van der Waals surface area (Å²) in [4.78, 5) is 10.8. The first-order chi connectivity index (χ1) is 12.7. The van der Waals surface area contributed by atoms with Crippen LogP contribution in [0.25, 0.3) is 0 Å². The number of hydrogen-bond donors (Lipinski definition) is 2. The maximum Gasteiger partial charge on any atom is 0.190 e. The molecular formula is C21H31N5. The SMILES string of the molecule is CN=C(NCCc1cccnc1)NCCC(C)N(C)Cc1ccccc1. The van der Waals surface area contributed by atoms with Gasteiger partial charge in [-0.15, -0.1) is 0 Å². The van der Waals surface area contributed by atoms with Crippen LogP contribution in [0.5, 0.6) is 0 Å². The molecule has 2 N–H and O–H groups in total. The summed E-state index contributed by atoms with van der Waals surface area (Å²) in [5, 5.41) is 6.76. The van der Waals surface area contributed by atoms with Gasteiger partial charge in [0.1, 0.15) is 0 Å². The molecule has 0 spiro atoms. The Bertz CT molecular complexity index is 642. The second-order valence-electron chi connectivity index (χ2n) is 6.58. The molecule has 0 aliphatic rings. The van der Waals surface area contributed by atoms with Gasteiger partial charge in [-0.2, -0.15) is 0 Å². The van der Waals surface area contributed by atoms with E-state index in [1.165, 1.54) is 11.1 Å². The normalized spacial score (nSPS) is 12.8. The van der Waals surface area contributed by atoms with Crippen molar-refractivity contribution in [3.05, 3.63) is 66.0 Å².